The average Bonchev–Trinajstić information content (AvgIpc) is 1.96. The van der Waals surface area contributed by atoms with Crippen LogP contribution in [0.2, 0.25) is 0 Å². The van der Waals surface area contributed by atoms with Gasteiger partial charge in [-0.1, -0.05) is 0 Å². The van der Waals surface area contributed by atoms with E-state index in [4.69, 9.17) is 9.84 Å². The van der Waals surface area contributed by atoms with Gasteiger partial charge in [-0.25, -0.2) is 0 Å². The fraction of sp³-hybridized carbons (Fsp3) is 0.750. The summed E-state index contributed by atoms with van der Waals surface area (Å²) >= 11 is 3.88. The van der Waals surface area contributed by atoms with E-state index >= 15 is 0 Å². The third-order valence-corrected chi connectivity index (χ3v) is 1.43. The van der Waals surface area contributed by atoms with Crippen molar-refractivity contribution in [1.29, 1.82) is 0 Å². The Kier molecular flexibility index (Phi) is 6.40. The molecule has 0 aliphatic rings. The van der Waals surface area contributed by atoms with Gasteiger partial charge in [0.2, 0.25) is 0 Å². The van der Waals surface area contributed by atoms with Crippen molar-refractivity contribution in [2.75, 3.05) is 0 Å². The van der Waals surface area contributed by atoms with Crippen molar-refractivity contribution in [3.8, 4) is 0 Å². The smallest absolute Gasteiger partial charge is 0.306 e. The van der Waals surface area contributed by atoms with Crippen LogP contribution in [0.5, 0.6) is 0 Å². The second-order valence-electron chi connectivity index (χ2n) is 2.69. The van der Waals surface area contributed by atoms with Crippen LogP contribution >= 0.6 is 12.6 Å². The first-order valence-corrected chi connectivity index (χ1v) is 4.63. The van der Waals surface area contributed by atoms with Gasteiger partial charge in [-0.15, -0.1) is 12.6 Å². The van der Waals surface area contributed by atoms with Crippen LogP contribution in [0.25, 0.3) is 0 Å². The number of carboxylic acids is 1. The summed E-state index contributed by atoms with van der Waals surface area (Å²) in [6.07, 6.45) is 1.42. The monoisotopic (exact) mass is 206 g/mol. The number of aliphatic carboxylic acids is 1. The van der Waals surface area contributed by atoms with Crippen molar-refractivity contribution in [1.82, 2.24) is 0 Å². The number of rotatable bonds is 6. The molecule has 1 atom stereocenters. The highest BCUT2D eigenvalue weighted by molar-refractivity contribution is 7.80. The molecule has 0 saturated heterocycles. The SMILES string of the molecule is CC(S)OC(=O)CCCCC(=O)O. The van der Waals surface area contributed by atoms with Gasteiger partial charge in [0.1, 0.15) is 5.44 Å². The number of hydrogen-bond acceptors (Lipinski definition) is 4. The topological polar surface area (TPSA) is 63.6 Å². The third kappa shape index (κ3) is 9.20. The number of unbranched alkanes of at least 4 members (excludes halogenated alkanes) is 1. The summed E-state index contributed by atoms with van der Waals surface area (Å²) < 4.78 is 4.74. The van der Waals surface area contributed by atoms with Crippen LogP contribution in [-0.2, 0) is 14.3 Å². The molecule has 0 heterocycles. The van der Waals surface area contributed by atoms with E-state index in [1.165, 1.54) is 0 Å². The summed E-state index contributed by atoms with van der Waals surface area (Å²) in [7, 11) is 0. The first-order chi connectivity index (χ1) is 6.02. The summed E-state index contributed by atoms with van der Waals surface area (Å²) in [6.45, 7) is 1.65. The van der Waals surface area contributed by atoms with Crippen molar-refractivity contribution in [2.24, 2.45) is 0 Å². The van der Waals surface area contributed by atoms with Crippen LogP contribution < -0.4 is 0 Å². The van der Waals surface area contributed by atoms with Crippen molar-refractivity contribution >= 4 is 24.6 Å². The van der Waals surface area contributed by atoms with Gasteiger partial charge < -0.3 is 9.84 Å². The second-order valence-corrected chi connectivity index (χ2v) is 3.42. The fourth-order valence-electron chi connectivity index (χ4n) is 0.795. The number of carbonyl (C=O) groups excluding carboxylic acids is 1. The Balaban J connectivity index is 3.32. The highest BCUT2D eigenvalue weighted by Gasteiger charge is 2.05. The summed E-state index contributed by atoms with van der Waals surface area (Å²) in [5.41, 5.74) is -0.396. The molecule has 0 radical (unpaired) electrons. The molecule has 0 rings (SSSR count). The molecule has 0 aromatic heterocycles. The molecule has 1 unspecified atom stereocenters. The number of thiol groups is 1. The highest BCUT2D eigenvalue weighted by atomic mass is 32.1. The number of ether oxygens (including phenoxy) is 1. The lowest BCUT2D eigenvalue weighted by Crippen LogP contribution is -2.09. The summed E-state index contributed by atoms with van der Waals surface area (Å²) in [5.74, 6) is -1.16. The normalized spacial score (nSPS) is 12.2. The molecular weight excluding hydrogens is 192 g/mol. The van der Waals surface area contributed by atoms with E-state index < -0.39 is 11.4 Å². The molecule has 0 saturated carbocycles. The number of hydrogen-bond donors (Lipinski definition) is 2. The zero-order valence-electron chi connectivity index (χ0n) is 7.52. The van der Waals surface area contributed by atoms with Crippen LogP contribution in [-0.4, -0.2) is 22.5 Å². The summed E-state index contributed by atoms with van der Waals surface area (Å²) in [6, 6.07) is 0. The Morgan fingerprint density at radius 1 is 1.38 bits per heavy atom. The molecule has 4 nitrogen and oxygen atoms in total. The van der Waals surface area contributed by atoms with Crippen molar-refractivity contribution < 1.29 is 19.4 Å². The lowest BCUT2D eigenvalue weighted by Gasteiger charge is -2.05. The van der Waals surface area contributed by atoms with Crippen LogP contribution in [0.15, 0.2) is 0 Å². The standard InChI is InChI=1S/C8H14O4S/c1-6(13)12-8(11)5-3-2-4-7(9)10/h6,13H,2-5H2,1H3,(H,9,10). The number of esters is 1. The van der Waals surface area contributed by atoms with Gasteiger partial charge >= 0.3 is 11.9 Å². The molecule has 0 amide bonds. The van der Waals surface area contributed by atoms with Crippen LogP contribution in [0.1, 0.15) is 32.6 Å². The molecule has 1 N–H and O–H groups in total. The minimum atomic E-state index is -0.837. The molecule has 0 bridgehead atoms. The molecule has 0 aromatic rings. The maximum Gasteiger partial charge on any atom is 0.306 e. The molecule has 5 heteroatoms. The Labute approximate surface area is 82.7 Å². The van der Waals surface area contributed by atoms with Gasteiger partial charge in [-0.05, 0) is 19.8 Å². The fourth-order valence-corrected chi connectivity index (χ4v) is 0.912. The van der Waals surface area contributed by atoms with E-state index in [1.54, 1.807) is 6.92 Å². The molecule has 76 valence electrons. The van der Waals surface area contributed by atoms with E-state index in [-0.39, 0.29) is 18.8 Å². The largest absolute Gasteiger partial charge is 0.481 e. The van der Waals surface area contributed by atoms with E-state index in [0.717, 1.165) is 0 Å². The van der Waals surface area contributed by atoms with E-state index in [1.807, 2.05) is 0 Å². The molecule has 13 heavy (non-hydrogen) atoms. The molecule has 0 aromatic carbocycles. The van der Waals surface area contributed by atoms with E-state index in [9.17, 15) is 9.59 Å². The maximum atomic E-state index is 10.9. The van der Waals surface area contributed by atoms with Crippen molar-refractivity contribution in [2.45, 2.75) is 38.0 Å². The lowest BCUT2D eigenvalue weighted by molar-refractivity contribution is -0.145. The van der Waals surface area contributed by atoms with Crippen LogP contribution in [0, 0.1) is 0 Å². The van der Waals surface area contributed by atoms with Gasteiger partial charge in [0.25, 0.3) is 0 Å². The van der Waals surface area contributed by atoms with Crippen molar-refractivity contribution in [3.05, 3.63) is 0 Å². The first kappa shape index (κ1) is 12.3. The average molecular weight is 206 g/mol. The van der Waals surface area contributed by atoms with E-state index in [0.29, 0.717) is 12.8 Å². The predicted molar refractivity (Wildman–Crippen MR) is 50.6 cm³/mol. The number of carbonyl (C=O) groups is 2. The van der Waals surface area contributed by atoms with Gasteiger partial charge in [0.15, 0.2) is 0 Å². The molecule has 0 spiro atoms. The van der Waals surface area contributed by atoms with Gasteiger partial charge in [0.05, 0.1) is 0 Å². The van der Waals surface area contributed by atoms with Crippen LogP contribution in [0.4, 0.5) is 0 Å². The Bertz CT molecular complexity index is 179. The van der Waals surface area contributed by atoms with Gasteiger partial charge in [0, 0.05) is 12.8 Å². The Hall–Kier alpha value is -0.710. The lowest BCUT2D eigenvalue weighted by atomic mass is 10.2. The van der Waals surface area contributed by atoms with Crippen molar-refractivity contribution in [3.63, 3.8) is 0 Å². The molecule has 0 aliphatic heterocycles. The minimum Gasteiger partial charge on any atom is -0.481 e. The maximum absolute atomic E-state index is 10.9. The molecule has 0 aliphatic carbocycles. The first-order valence-electron chi connectivity index (χ1n) is 4.11. The van der Waals surface area contributed by atoms with Gasteiger partial charge in [-0.2, -0.15) is 0 Å². The zero-order chi connectivity index (χ0) is 10.3. The quantitative estimate of drug-likeness (QED) is 0.299. The Morgan fingerprint density at radius 3 is 2.38 bits per heavy atom. The minimum absolute atomic E-state index is 0.101. The van der Waals surface area contributed by atoms with E-state index in [2.05, 4.69) is 12.6 Å². The second kappa shape index (κ2) is 6.77. The summed E-state index contributed by atoms with van der Waals surface area (Å²) in [4.78, 5) is 21.0. The van der Waals surface area contributed by atoms with Gasteiger partial charge in [-0.3, -0.25) is 9.59 Å². The zero-order valence-corrected chi connectivity index (χ0v) is 8.42. The molecule has 0 fully saturated rings. The predicted octanol–water partition coefficient (Wildman–Crippen LogP) is 1.45. The Morgan fingerprint density at radius 2 is 1.92 bits per heavy atom. The highest BCUT2D eigenvalue weighted by Crippen LogP contribution is 2.04. The summed E-state index contributed by atoms with van der Waals surface area (Å²) in [5, 5.41) is 8.30. The third-order valence-electron chi connectivity index (χ3n) is 1.32. The molecular formula is C8H14O4S. The number of carboxylic acid groups (broad SMARTS) is 1. The van der Waals surface area contributed by atoms with Crippen LogP contribution in [0.3, 0.4) is 0 Å².